The highest BCUT2D eigenvalue weighted by Crippen LogP contribution is 2.45. The molecule has 3 N–H and O–H groups in total. The molecule has 0 saturated heterocycles. The van der Waals surface area contributed by atoms with Gasteiger partial charge in [-0.2, -0.15) is 0 Å². The van der Waals surface area contributed by atoms with Crippen LogP contribution in [0.5, 0.6) is 0 Å². The highest BCUT2D eigenvalue weighted by molar-refractivity contribution is 9.11. The van der Waals surface area contributed by atoms with Crippen LogP contribution in [-0.4, -0.2) is 39.5 Å². The number of carbonyl (C=O) groups is 1. The molecule has 0 amide bonds. The van der Waals surface area contributed by atoms with Gasteiger partial charge in [0.1, 0.15) is 6.61 Å². The lowest BCUT2D eigenvalue weighted by atomic mass is 9.90. The number of halogens is 3. The van der Waals surface area contributed by atoms with Crippen LogP contribution < -0.4 is 11.1 Å². The lowest BCUT2D eigenvalue weighted by Crippen LogP contribution is -2.13. The van der Waals surface area contributed by atoms with Crippen molar-refractivity contribution < 1.29 is 23.4 Å². The fourth-order valence-corrected chi connectivity index (χ4v) is 4.51. The fraction of sp³-hybridized carbons (Fsp3) is 0.200. The van der Waals surface area contributed by atoms with Crippen molar-refractivity contribution in [3.8, 4) is 22.5 Å². The number of esters is 1. The lowest BCUT2D eigenvalue weighted by Gasteiger charge is -2.19. The predicted molar refractivity (Wildman–Crippen MR) is 147 cm³/mol. The van der Waals surface area contributed by atoms with Gasteiger partial charge in [-0.15, -0.1) is 17.0 Å². The molecule has 4 rings (SSSR count). The van der Waals surface area contributed by atoms with E-state index in [1.807, 2.05) is 24.3 Å². The second kappa shape index (κ2) is 12.1. The number of ether oxygens (including phenoxy) is 3. The van der Waals surface area contributed by atoms with Gasteiger partial charge < -0.3 is 24.4 Å². The summed E-state index contributed by atoms with van der Waals surface area (Å²) in [6, 6.07) is 14.4. The minimum atomic E-state index is -0.460. The zero-order valence-electron chi connectivity index (χ0n) is 18.7. The normalized spacial score (nSPS) is 10.9. The molecule has 0 saturated carbocycles. The van der Waals surface area contributed by atoms with Crippen LogP contribution in [0.1, 0.15) is 10.4 Å². The molecule has 10 heteroatoms. The molecule has 0 aromatic heterocycles. The summed E-state index contributed by atoms with van der Waals surface area (Å²) in [5.41, 5.74) is 9.76. The molecule has 0 spiro atoms. The van der Waals surface area contributed by atoms with E-state index in [-0.39, 0.29) is 35.6 Å². The summed E-state index contributed by atoms with van der Waals surface area (Å²) in [4.78, 5) is 13.0. The summed E-state index contributed by atoms with van der Waals surface area (Å²) in [5, 5.41) is 9.24. The monoisotopic (exact) mass is 668 g/mol. The van der Waals surface area contributed by atoms with Crippen LogP contribution in [-0.2, 0) is 14.2 Å². The minimum absolute atomic E-state index is 0. The molecule has 0 radical (unpaired) electrons. The van der Waals surface area contributed by atoms with Gasteiger partial charge in [0.15, 0.2) is 11.3 Å². The highest BCUT2D eigenvalue weighted by Gasteiger charge is 2.25. The summed E-state index contributed by atoms with van der Waals surface area (Å²) in [7, 11) is 1.60. The SMILES string of the molecule is Br.COCCOCCOC(=O)c1ccccc1-c1c2ccc(=N)c(Br)c-2oc2c(Br)c(N)ccc12. The third-order valence-corrected chi connectivity index (χ3v) is 6.88. The Labute approximate surface area is 229 Å². The first kappa shape index (κ1) is 27.3. The first-order valence-corrected chi connectivity index (χ1v) is 12.0. The van der Waals surface area contributed by atoms with E-state index in [0.717, 1.165) is 16.5 Å². The standard InChI is InChI=1S/C25H22Br2N2O5.BrH/c1-31-10-11-32-12-13-33-25(30)15-5-3-2-4-14(15)20-16-6-8-18(28)21(26)23(16)34-24-17(20)7-9-19(29)22(24)27;/h2-9,28H,10-13,29H2,1H3;1H. The summed E-state index contributed by atoms with van der Waals surface area (Å²) < 4.78 is 23.1. The lowest BCUT2D eigenvalue weighted by molar-refractivity contribution is 0.0214. The van der Waals surface area contributed by atoms with Gasteiger partial charge in [-0.25, -0.2) is 4.79 Å². The van der Waals surface area contributed by atoms with Crippen molar-refractivity contribution in [1.29, 1.82) is 5.41 Å². The largest absolute Gasteiger partial charge is 0.460 e. The van der Waals surface area contributed by atoms with Gasteiger partial charge in [0, 0.05) is 29.3 Å². The van der Waals surface area contributed by atoms with Crippen molar-refractivity contribution in [2.45, 2.75) is 0 Å². The van der Waals surface area contributed by atoms with Crippen LogP contribution in [0.15, 0.2) is 61.9 Å². The maximum atomic E-state index is 13.0. The Kier molecular flexibility index (Phi) is 9.48. The first-order chi connectivity index (χ1) is 16.4. The van der Waals surface area contributed by atoms with Crippen molar-refractivity contribution in [2.24, 2.45) is 0 Å². The first-order valence-electron chi connectivity index (χ1n) is 10.4. The van der Waals surface area contributed by atoms with Gasteiger partial charge in [0.05, 0.1) is 39.7 Å². The van der Waals surface area contributed by atoms with Crippen molar-refractivity contribution in [3.05, 3.63) is 68.4 Å². The van der Waals surface area contributed by atoms with E-state index in [1.54, 1.807) is 31.4 Å². The number of anilines is 1. The molecule has 1 aliphatic heterocycles. The molecule has 35 heavy (non-hydrogen) atoms. The van der Waals surface area contributed by atoms with E-state index in [0.29, 0.717) is 50.3 Å². The number of methoxy groups -OCH3 is 1. The van der Waals surface area contributed by atoms with E-state index in [9.17, 15) is 4.79 Å². The Morgan fingerprint density at radius 1 is 0.971 bits per heavy atom. The number of fused-ring (bicyclic) bond motifs is 2. The van der Waals surface area contributed by atoms with Crippen LogP contribution in [0, 0.1) is 5.41 Å². The smallest absolute Gasteiger partial charge is 0.338 e. The molecular weight excluding hydrogens is 648 g/mol. The quantitative estimate of drug-likeness (QED) is 0.100. The molecule has 1 heterocycles. The molecule has 2 aromatic rings. The molecule has 0 atom stereocenters. The van der Waals surface area contributed by atoms with Gasteiger partial charge in [-0.3, -0.25) is 5.41 Å². The van der Waals surface area contributed by atoms with E-state index >= 15 is 0 Å². The zero-order valence-corrected chi connectivity index (χ0v) is 23.6. The van der Waals surface area contributed by atoms with Gasteiger partial charge in [-0.1, -0.05) is 18.2 Å². The van der Waals surface area contributed by atoms with Gasteiger partial charge >= 0.3 is 5.97 Å². The average molecular weight is 671 g/mol. The Bertz CT molecular complexity index is 1390. The predicted octanol–water partition coefficient (Wildman–Crippen LogP) is 6.19. The number of nitrogen functional groups attached to an aromatic ring is 1. The summed E-state index contributed by atoms with van der Waals surface area (Å²) in [6.45, 7) is 1.31. The van der Waals surface area contributed by atoms with E-state index < -0.39 is 5.97 Å². The van der Waals surface area contributed by atoms with Crippen LogP contribution >= 0.6 is 48.8 Å². The number of carbonyl (C=O) groups excluding carboxylic acids is 1. The van der Waals surface area contributed by atoms with Crippen molar-refractivity contribution in [3.63, 3.8) is 0 Å². The third kappa shape index (κ3) is 5.62. The number of hydrogen-bond acceptors (Lipinski definition) is 7. The molecule has 184 valence electrons. The maximum absolute atomic E-state index is 13.0. The second-order valence-corrected chi connectivity index (χ2v) is 9.00. The summed E-state index contributed by atoms with van der Waals surface area (Å²) in [5.74, 6) is 0.0229. The molecule has 2 aliphatic rings. The number of nitrogens with two attached hydrogens (primary N) is 1. The Morgan fingerprint density at radius 2 is 1.71 bits per heavy atom. The second-order valence-electron chi connectivity index (χ2n) is 7.41. The zero-order chi connectivity index (χ0) is 24.2. The Balaban J connectivity index is 0.00000342. The van der Waals surface area contributed by atoms with Crippen molar-refractivity contribution in [2.75, 3.05) is 39.3 Å². The molecule has 0 bridgehead atoms. The molecule has 0 fully saturated rings. The van der Waals surface area contributed by atoms with Gasteiger partial charge in [-0.05, 0) is 67.8 Å². The Morgan fingerprint density at radius 3 is 2.49 bits per heavy atom. The molecule has 0 unspecified atom stereocenters. The number of rotatable bonds is 8. The van der Waals surface area contributed by atoms with Crippen LogP contribution in [0.25, 0.3) is 33.4 Å². The van der Waals surface area contributed by atoms with Crippen molar-refractivity contribution in [1.82, 2.24) is 0 Å². The van der Waals surface area contributed by atoms with E-state index in [2.05, 4.69) is 31.9 Å². The van der Waals surface area contributed by atoms with Crippen LogP contribution in [0.2, 0.25) is 0 Å². The molecule has 7 nitrogen and oxygen atoms in total. The molecular formula is C25H23Br3N2O5. The summed E-state index contributed by atoms with van der Waals surface area (Å²) >= 11 is 7.01. The van der Waals surface area contributed by atoms with Gasteiger partial charge in [0.25, 0.3) is 0 Å². The minimum Gasteiger partial charge on any atom is -0.460 e. The third-order valence-electron chi connectivity index (χ3n) is 5.28. The topological polar surface area (TPSA) is 108 Å². The van der Waals surface area contributed by atoms with Crippen LogP contribution in [0.4, 0.5) is 5.69 Å². The maximum Gasteiger partial charge on any atom is 0.338 e. The number of nitrogens with one attached hydrogen (secondary N) is 1. The highest BCUT2D eigenvalue weighted by atomic mass is 79.9. The van der Waals surface area contributed by atoms with Crippen molar-refractivity contribution >= 4 is 71.5 Å². The Hall–Kier alpha value is -2.24. The number of benzene rings is 3. The van der Waals surface area contributed by atoms with Crippen LogP contribution in [0.3, 0.4) is 0 Å². The van der Waals surface area contributed by atoms with E-state index in [1.165, 1.54) is 0 Å². The van der Waals surface area contributed by atoms with Gasteiger partial charge in [0.2, 0.25) is 0 Å². The average Bonchev–Trinajstić information content (AvgIpc) is 2.85. The number of hydrogen-bond donors (Lipinski definition) is 2. The summed E-state index contributed by atoms with van der Waals surface area (Å²) in [6.07, 6.45) is 0. The fourth-order valence-electron chi connectivity index (χ4n) is 3.65. The molecule has 1 aliphatic carbocycles. The van der Waals surface area contributed by atoms with E-state index in [4.69, 9.17) is 29.8 Å². The molecule has 2 aromatic carbocycles.